The third kappa shape index (κ3) is 2.52. The molecule has 2 aromatic rings. The molecule has 0 radical (unpaired) electrons. The van der Waals surface area contributed by atoms with E-state index in [1.54, 1.807) is 11.3 Å². The lowest BCUT2D eigenvalue weighted by Crippen LogP contribution is -2.61. The number of nitrogens with zero attached hydrogens (tertiary/aromatic N) is 2. The molecule has 3 saturated heterocycles. The number of aromatic nitrogens is 1. The molecule has 4 heteroatoms. The van der Waals surface area contributed by atoms with Gasteiger partial charge in [0.2, 0.25) is 0 Å². The predicted molar refractivity (Wildman–Crippen MR) is 95.2 cm³/mol. The van der Waals surface area contributed by atoms with Crippen molar-refractivity contribution in [3.05, 3.63) is 28.8 Å². The number of benzene rings is 1. The Bertz CT molecular complexity index is 756. The van der Waals surface area contributed by atoms with Crippen molar-refractivity contribution in [3.8, 4) is 0 Å². The maximum absolute atomic E-state index is 12.9. The fraction of sp³-hybridized carbons (Fsp3) is 0.579. The molecule has 0 unspecified atom stereocenters. The van der Waals surface area contributed by atoms with Gasteiger partial charge < -0.3 is 0 Å². The smallest absolute Gasteiger partial charge is 0.163 e. The Morgan fingerprint density at radius 3 is 2.78 bits per heavy atom. The molecule has 0 saturated carbocycles. The van der Waals surface area contributed by atoms with Crippen molar-refractivity contribution in [1.29, 1.82) is 0 Å². The maximum Gasteiger partial charge on any atom is 0.163 e. The molecule has 4 heterocycles. The molecule has 3 nitrogen and oxygen atoms in total. The van der Waals surface area contributed by atoms with Crippen molar-refractivity contribution in [2.24, 2.45) is 11.8 Å². The van der Waals surface area contributed by atoms with Gasteiger partial charge in [0.1, 0.15) is 0 Å². The summed E-state index contributed by atoms with van der Waals surface area (Å²) < 4.78 is 1.17. The summed E-state index contributed by atoms with van der Waals surface area (Å²) in [6.45, 7) is 9.06. The largest absolute Gasteiger partial charge is 0.298 e. The van der Waals surface area contributed by atoms with E-state index in [1.165, 1.54) is 30.6 Å². The zero-order valence-corrected chi connectivity index (χ0v) is 14.9. The number of hydrogen-bond acceptors (Lipinski definition) is 4. The zero-order chi connectivity index (χ0) is 16.2. The van der Waals surface area contributed by atoms with Gasteiger partial charge in [-0.2, -0.15) is 0 Å². The Balaban J connectivity index is 1.58. The number of thiazole rings is 1. The molecule has 1 aromatic carbocycles. The number of aryl methyl sites for hydroxylation is 1. The number of carbonyl (C=O) groups is 1. The topological polar surface area (TPSA) is 33.2 Å². The van der Waals surface area contributed by atoms with Crippen molar-refractivity contribution < 1.29 is 4.79 Å². The summed E-state index contributed by atoms with van der Waals surface area (Å²) in [5, 5.41) is 1.06. The normalized spacial score (nSPS) is 29.1. The molecule has 122 valence electrons. The first kappa shape index (κ1) is 15.3. The second-order valence-corrected chi connectivity index (χ2v) is 8.86. The van der Waals surface area contributed by atoms with E-state index in [-0.39, 0.29) is 11.3 Å². The highest BCUT2D eigenvalue weighted by atomic mass is 32.1. The van der Waals surface area contributed by atoms with Crippen LogP contribution in [0.25, 0.3) is 10.2 Å². The highest BCUT2D eigenvalue weighted by Crippen LogP contribution is 2.45. The van der Waals surface area contributed by atoms with Gasteiger partial charge in [-0.15, -0.1) is 11.3 Å². The summed E-state index contributed by atoms with van der Waals surface area (Å²) in [6.07, 6.45) is 3.18. The SMILES string of the molecule is Cc1nc2cc(C(=O)C[C@@H]3C4CCN(CC4)C3(C)C)ccc2s1. The first-order valence-corrected chi connectivity index (χ1v) is 9.42. The molecule has 3 aliphatic rings. The second-order valence-electron chi connectivity index (χ2n) is 7.63. The van der Waals surface area contributed by atoms with Gasteiger partial charge in [0, 0.05) is 17.5 Å². The van der Waals surface area contributed by atoms with Crippen LogP contribution in [0, 0.1) is 18.8 Å². The number of ketones is 1. The average Bonchev–Trinajstić information content (AvgIpc) is 2.90. The molecule has 23 heavy (non-hydrogen) atoms. The first-order chi connectivity index (χ1) is 10.9. The Hall–Kier alpha value is -1.26. The van der Waals surface area contributed by atoms with Crippen LogP contribution in [0.15, 0.2) is 18.2 Å². The summed E-state index contributed by atoms with van der Waals surface area (Å²) in [5.74, 6) is 1.47. The van der Waals surface area contributed by atoms with Gasteiger partial charge in [-0.1, -0.05) is 0 Å². The maximum atomic E-state index is 12.9. The van der Waals surface area contributed by atoms with E-state index in [9.17, 15) is 4.79 Å². The van der Waals surface area contributed by atoms with Gasteiger partial charge in [-0.05, 0) is 76.7 Å². The van der Waals surface area contributed by atoms with E-state index in [2.05, 4.69) is 29.8 Å². The predicted octanol–water partition coefficient (Wildman–Crippen LogP) is 4.30. The Morgan fingerprint density at radius 1 is 1.35 bits per heavy atom. The molecule has 0 spiro atoms. The van der Waals surface area contributed by atoms with Gasteiger partial charge in [0.05, 0.1) is 15.2 Å². The van der Waals surface area contributed by atoms with E-state index >= 15 is 0 Å². The number of Topliss-reactive ketones (excluding diaryl/α,β-unsaturated/α-hetero) is 1. The number of piperidine rings is 3. The van der Waals surface area contributed by atoms with Crippen LogP contribution in [0.4, 0.5) is 0 Å². The molecule has 2 bridgehead atoms. The summed E-state index contributed by atoms with van der Waals surface area (Å²) >= 11 is 1.69. The van der Waals surface area contributed by atoms with Crippen LogP contribution >= 0.6 is 11.3 Å². The monoisotopic (exact) mass is 328 g/mol. The van der Waals surface area contributed by atoms with Gasteiger partial charge in [-0.25, -0.2) is 4.98 Å². The van der Waals surface area contributed by atoms with Crippen molar-refractivity contribution in [2.45, 2.75) is 45.6 Å². The van der Waals surface area contributed by atoms with E-state index in [0.29, 0.717) is 18.3 Å². The molecule has 3 aliphatic heterocycles. The molecular weight excluding hydrogens is 304 g/mol. The minimum absolute atomic E-state index is 0.151. The van der Waals surface area contributed by atoms with E-state index in [4.69, 9.17) is 0 Å². The van der Waals surface area contributed by atoms with Gasteiger partial charge in [-0.3, -0.25) is 9.69 Å². The summed E-state index contributed by atoms with van der Waals surface area (Å²) in [4.78, 5) is 20.0. The molecule has 5 rings (SSSR count). The molecule has 0 aliphatic carbocycles. The van der Waals surface area contributed by atoms with Crippen LogP contribution in [0.1, 0.15) is 48.5 Å². The van der Waals surface area contributed by atoms with Crippen LogP contribution in [0.5, 0.6) is 0 Å². The standard InChI is InChI=1S/C19H24N2OS/c1-12-20-16-10-14(4-5-18(16)23-12)17(22)11-15-13-6-8-21(9-7-13)19(15,2)3/h4-5,10,13,15H,6-9,11H2,1-3H3/t15-/m1/s1. The van der Waals surface area contributed by atoms with E-state index in [0.717, 1.165) is 16.1 Å². The summed E-state index contributed by atoms with van der Waals surface area (Å²) in [6, 6.07) is 6.01. The van der Waals surface area contributed by atoms with Crippen molar-refractivity contribution in [1.82, 2.24) is 9.88 Å². The molecule has 1 atom stereocenters. The fourth-order valence-corrected chi connectivity index (χ4v) is 5.45. The third-order valence-corrected chi connectivity index (χ3v) is 7.00. The molecular formula is C19H24N2OS. The first-order valence-electron chi connectivity index (χ1n) is 8.60. The van der Waals surface area contributed by atoms with Crippen molar-refractivity contribution >= 4 is 27.3 Å². The van der Waals surface area contributed by atoms with Crippen LogP contribution < -0.4 is 0 Å². The minimum Gasteiger partial charge on any atom is -0.298 e. The Labute approximate surface area is 141 Å². The summed E-state index contributed by atoms with van der Waals surface area (Å²) in [5.41, 5.74) is 1.94. The second kappa shape index (κ2) is 5.38. The Kier molecular flexibility index (Phi) is 3.58. The van der Waals surface area contributed by atoms with E-state index < -0.39 is 0 Å². The van der Waals surface area contributed by atoms with Crippen LogP contribution in [0.2, 0.25) is 0 Å². The summed E-state index contributed by atoms with van der Waals surface area (Å²) in [7, 11) is 0. The highest BCUT2D eigenvalue weighted by Gasteiger charge is 2.47. The molecule has 1 aromatic heterocycles. The van der Waals surface area contributed by atoms with Crippen molar-refractivity contribution in [3.63, 3.8) is 0 Å². The fourth-order valence-electron chi connectivity index (χ4n) is 4.64. The average molecular weight is 328 g/mol. The quantitative estimate of drug-likeness (QED) is 0.788. The minimum atomic E-state index is 0.151. The highest BCUT2D eigenvalue weighted by molar-refractivity contribution is 7.18. The lowest BCUT2D eigenvalue weighted by atomic mass is 9.65. The Morgan fingerprint density at radius 2 is 2.09 bits per heavy atom. The number of hydrogen-bond donors (Lipinski definition) is 0. The molecule has 0 amide bonds. The van der Waals surface area contributed by atoms with Gasteiger partial charge in [0.25, 0.3) is 0 Å². The van der Waals surface area contributed by atoms with E-state index in [1.807, 2.05) is 19.1 Å². The van der Waals surface area contributed by atoms with Crippen LogP contribution in [-0.4, -0.2) is 34.3 Å². The molecule has 3 fully saturated rings. The third-order valence-electron chi connectivity index (χ3n) is 6.05. The van der Waals surface area contributed by atoms with Gasteiger partial charge in [0.15, 0.2) is 5.78 Å². The van der Waals surface area contributed by atoms with Crippen molar-refractivity contribution in [2.75, 3.05) is 13.1 Å². The zero-order valence-electron chi connectivity index (χ0n) is 14.1. The lowest BCUT2D eigenvalue weighted by molar-refractivity contribution is -0.0643. The van der Waals surface area contributed by atoms with Crippen LogP contribution in [0.3, 0.4) is 0 Å². The number of fused-ring (bicyclic) bond motifs is 4. The van der Waals surface area contributed by atoms with Gasteiger partial charge >= 0.3 is 0 Å². The van der Waals surface area contributed by atoms with Crippen LogP contribution in [-0.2, 0) is 0 Å². The number of carbonyl (C=O) groups excluding carboxylic acids is 1. The number of rotatable bonds is 3. The lowest BCUT2D eigenvalue weighted by Gasteiger charge is -2.56. The molecule has 0 N–H and O–H groups in total.